The summed E-state index contributed by atoms with van der Waals surface area (Å²) in [6, 6.07) is 8.86. The maximum Gasteiger partial charge on any atom is 0.334 e. The molecule has 3 aromatic rings. The molecule has 9 nitrogen and oxygen atoms in total. The maximum absolute atomic E-state index is 14.3. The third-order valence-electron chi connectivity index (χ3n) is 10.4. The molecule has 5 unspecified atom stereocenters. The molecule has 3 aliphatic carbocycles. The monoisotopic (exact) mass is 545 g/mol. The molecule has 4 bridgehead atoms. The van der Waals surface area contributed by atoms with Crippen LogP contribution in [0.4, 0.5) is 0 Å². The van der Waals surface area contributed by atoms with Gasteiger partial charge in [-0.25, -0.2) is 14.3 Å². The Bertz CT molecular complexity index is 1580. The van der Waals surface area contributed by atoms with Crippen LogP contribution in [0.1, 0.15) is 76.7 Å². The number of ether oxygens (including phenoxy) is 1. The number of para-hydroxylation sites is 2. The lowest BCUT2D eigenvalue weighted by Crippen LogP contribution is -2.56. The van der Waals surface area contributed by atoms with Gasteiger partial charge in [-0.15, -0.1) is 0 Å². The Morgan fingerprint density at radius 3 is 2.48 bits per heavy atom. The lowest BCUT2D eigenvalue weighted by molar-refractivity contribution is -0.0232. The molecule has 3 saturated carbocycles. The third kappa shape index (κ3) is 4.42. The van der Waals surface area contributed by atoms with E-state index in [1.165, 1.54) is 71.1 Å². The van der Waals surface area contributed by atoms with Gasteiger partial charge in [-0.3, -0.25) is 19.5 Å². The number of H-pyrrole nitrogens is 1. The summed E-state index contributed by atoms with van der Waals surface area (Å²) in [7, 11) is 1.36. The molecule has 0 radical (unpaired) electrons. The van der Waals surface area contributed by atoms with Crippen LogP contribution in [0.5, 0.6) is 5.75 Å². The zero-order chi connectivity index (χ0) is 27.4. The van der Waals surface area contributed by atoms with Crippen molar-refractivity contribution < 1.29 is 4.74 Å². The lowest BCUT2D eigenvalue weighted by atomic mass is 9.68. The van der Waals surface area contributed by atoms with Crippen LogP contribution in [0.2, 0.25) is 0 Å². The van der Waals surface area contributed by atoms with E-state index in [4.69, 9.17) is 4.74 Å². The van der Waals surface area contributed by atoms with Crippen LogP contribution in [0.25, 0.3) is 16.9 Å². The Kier molecular flexibility index (Phi) is 6.65. The summed E-state index contributed by atoms with van der Waals surface area (Å²) in [5.41, 5.74) is -0.177. The van der Waals surface area contributed by atoms with Crippen molar-refractivity contribution in [1.29, 1.82) is 0 Å². The minimum Gasteiger partial charge on any atom is -0.490 e. The number of benzene rings is 1. The molecule has 40 heavy (non-hydrogen) atoms. The number of fused-ring (bicyclic) bond motifs is 8. The molecule has 212 valence electrons. The number of hydrogen-bond donors (Lipinski definition) is 1. The summed E-state index contributed by atoms with van der Waals surface area (Å²) < 4.78 is 8.21. The van der Waals surface area contributed by atoms with Crippen molar-refractivity contribution in [3.63, 3.8) is 0 Å². The fourth-order valence-electron chi connectivity index (χ4n) is 8.62. The number of aromatic nitrogens is 4. The second kappa shape index (κ2) is 10.3. The van der Waals surface area contributed by atoms with Gasteiger partial charge >= 0.3 is 5.69 Å². The molecule has 9 heteroatoms. The highest BCUT2D eigenvalue weighted by Gasteiger charge is 2.44. The Morgan fingerprint density at radius 2 is 1.68 bits per heavy atom. The first-order valence-electron chi connectivity index (χ1n) is 15.2. The lowest BCUT2D eigenvalue weighted by Gasteiger charge is -2.53. The molecule has 1 N–H and O–H groups in total. The van der Waals surface area contributed by atoms with Gasteiger partial charge in [-0.2, -0.15) is 0 Å². The highest BCUT2D eigenvalue weighted by Crippen LogP contribution is 2.46. The molecular formula is C31H39N5O4. The number of hydrogen-bond acceptors (Lipinski definition) is 6. The smallest absolute Gasteiger partial charge is 0.334 e. The van der Waals surface area contributed by atoms with Crippen LogP contribution in [0.15, 0.2) is 44.8 Å². The fraction of sp³-hybridized carbons (Fsp3) is 0.613. The zero-order valence-corrected chi connectivity index (χ0v) is 23.3. The minimum absolute atomic E-state index is 0.00635. The van der Waals surface area contributed by atoms with Crippen molar-refractivity contribution in [2.45, 2.75) is 88.8 Å². The highest BCUT2D eigenvalue weighted by molar-refractivity contribution is 5.75. The first-order chi connectivity index (χ1) is 19.5. The predicted octanol–water partition coefficient (Wildman–Crippen LogP) is 4.02. The summed E-state index contributed by atoms with van der Waals surface area (Å²) in [5.74, 6) is 2.08. The number of nitrogens with one attached hydrogen (secondary N) is 1. The van der Waals surface area contributed by atoms with Gasteiger partial charge in [-0.05, 0) is 68.4 Å². The first-order valence-corrected chi connectivity index (χ1v) is 15.2. The predicted molar refractivity (Wildman–Crippen MR) is 153 cm³/mol. The van der Waals surface area contributed by atoms with E-state index in [0.29, 0.717) is 23.5 Å². The second-order valence-corrected chi connectivity index (χ2v) is 12.6. The minimum atomic E-state index is -0.703. The van der Waals surface area contributed by atoms with Crippen LogP contribution in [0, 0.1) is 17.8 Å². The van der Waals surface area contributed by atoms with Gasteiger partial charge in [0.15, 0.2) is 0 Å². The van der Waals surface area contributed by atoms with E-state index in [9.17, 15) is 14.4 Å². The summed E-state index contributed by atoms with van der Waals surface area (Å²) >= 11 is 0. The summed E-state index contributed by atoms with van der Waals surface area (Å²) in [6.45, 7) is 1.03. The summed E-state index contributed by atoms with van der Waals surface area (Å²) in [4.78, 5) is 49.1. The van der Waals surface area contributed by atoms with E-state index in [2.05, 4.69) is 14.9 Å². The number of aromatic amines is 1. The van der Waals surface area contributed by atoms with Crippen molar-refractivity contribution in [2.75, 3.05) is 13.7 Å². The topological polar surface area (TPSA) is 102 Å². The van der Waals surface area contributed by atoms with E-state index in [-0.39, 0.29) is 23.2 Å². The van der Waals surface area contributed by atoms with Gasteiger partial charge in [0, 0.05) is 24.7 Å². The van der Waals surface area contributed by atoms with Gasteiger partial charge in [0.05, 0.1) is 24.3 Å². The van der Waals surface area contributed by atoms with Crippen molar-refractivity contribution in [2.24, 2.45) is 17.8 Å². The van der Waals surface area contributed by atoms with Crippen LogP contribution in [-0.4, -0.2) is 49.7 Å². The number of piperidine rings is 1. The molecule has 2 aliphatic heterocycles. The van der Waals surface area contributed by atoms with E-state index < -0.39 is 11.2 Å². The molecule has 2 saturated heterocycles. The fourth-order valence-corrected chi connectivity index (χ4v) is 8.62. The largest absolute Gasteiger partial charge is 0.490 e. The average Bonchev–Trinajstić information content (AvgIpc) is 2.93. The molecule has 2 aromatic heterocycles. The van der Waals surface area contributed by atoms with Crippen molar-refractivity contribution in [3.8, 4) is 11.6 Å². The standard InChI is InChI=1S/C31H39N5O4/c1-40-27-18-35(31(39)33-29(27)37)28-30(38)36(25-12-5-4-11-24(25)32-28)26-16-22-10-3-2-9-21(26)17-34(22)23-14-19-7-6-8-20(13-19)15-23/h4-5,11-12,18-23,26H,2-3,6-10,13-17H2,1H3,(H,33,37,39). The molecule has 5 fully saturated rings. The van der Waals surface area contributed by atoms with Crippen LogP contribution < -0.4 is 21.5 Å². The highest BCUT2D eigenvalue weighted by atomic mass is 16.5. The zero-order valence-electron chi connectivity index (χ0n) is 23.3. The average molecular weight is 546 g/mol. The van der Waals surface area contributed by atoms with E-state index in [1.54, 1.807) is 0 Å². The molecule has 0 spiro atoms. The Hall–Kier alpha value is -3.20. The van der Waals surface area contributed by atoms with Gasteiger partial charge < -0.3 is 9.30 Å². The second-order valence-electron chi connectivity index (χ2n) is 12.6. The third-order valence-corrected chi connectivity index (χ3v) is 10.4. The number of nitrogens with zero attached hydrogens (tertiary/aromatic N) is 4. The van der Waals surface area contributed by atoms with Crippen molar-refractivity contribution in [1.82, 2.24) is 24.0 Å². The molecular weight excluding hydrogens is 506 g/mol. The van der Waals surface area contributed by atoms with Gasteiger partial charge in [0.1, 0.15) is 0 Å². The maximum atomic E-state index is 14.3. The number of methoxy groups -OCH3 is 1. The number of rotatable bonds is 4. The van der Waals surface area contributed by atoms with Crippen molar-refractivity contribution >= 4 is 11.0 Å². The van der Waals surface area contributed by atoms with E-state index >= 15 is 0 Å². The Labute approximate surface area is 233 Å². The quantitative estimate of drug-likeness (QED) is 0.531. The molecule has 1 aromatic carbocycles. The Morgan fingerprint density at radius 1 is 0.900 bits per heavy atom. The van der Waals surface area contributed by atoms with Crippen LogP contribution in [0.3, 0.4) is 0 Å². The molecule has 0 amide bonds. The van der Waals surface area contributed by atoms with E-state index in [0.717, 1.165) is 41.3 Å². The molecule has 4 heterocycles. The Balaban J connectivity index is 1.31. The molecule has 5 atom stereocenters. The van der Waals surface area contributed by atoms with Gasteiger partial charge in [-0.1, -0.05) is 44.2 Å². The van der Waals surface area contributed by atoms with Crippen LogP contribution >= 0.6 is 0 Å². The van der Waals surface area contributed by atoms with Gasteiger partial charge in [0.25, 0.3) is 11.1 Å². The summed E-state index contributed by atoms with van der Waals surface area (Å²) in [6.07, 6.45) is 15.2. The normalized spacial score (nSPS) is 30.6. The van der Waals surface area contributed by atoms with Crippen LogP contribution in [-0.2, 0) is 0 Å². The molecule has 5 aliphatic rings. The SMILES string of the molecule is COc1cn(-c2nc3ccccc3n(C3CC4CCCCC3CN4C3CC4CCCC(C4)C3)c2=O)c(=O)[nH]c1=O. The first kappa shape index (κ1) is 25.7. The van der Waals surface area contributed by atoms with E-state index in [1.807, 2.05) is 28.8 Å². The van der Waals surface area contributed by atoms with Gasteiger partial charge in [0.2, 0.25) is 11.6 Å². The van der Waals surface area contributed by atoms with Crippen molar-refractivity contribution in [3.05, 3.63) is 61.7 Å². The molecule has 8 rings (SSSR count). The summed E-state index contributed by atoms with van der Waals surface area (Å²) in [5, 5.41) is 0.